The van der Waals surface area contributed by atoms with E-state index in [-0.39, 0.29) is 10.6 Å². The zero-order chi connectivity index (χ0) is 15.2. The number of nitrogens with zero attached hydrogens (tertiary/aromatic N) is 2. The smallest absolute Gasteiger partial charge is 0.251 e. The molecule has 108 valence electrons. The van der Waals surface area contributed by atoms with Crippen molar-refractivity contribution in [3.05, 3.63) is 81.5 Å². The fraction of sp³-hybridized carbons (Fsp3) is 0.176. The summed E-state index contributed by atoms with van der Waals surface area (Å²) in [5.41, 5.74) is 3.03. The molecule has 0 saturated carbocycles. The first-order valence-corrected chi connectivity index (χ1v) is 6.72. The first kappa shape index (κ1) is 14.8. The van der Waals surface area contributed by atoms with E-state index >= 15 is 0 Å². The normalized spacial score (nSPS) is 11.2. The van der Waals surface area contributed by atoms with Crippen molar-refractivity contribution in [3.8, 4) is 0 Å². The van der Waals surface area contributed by atoms with Gasteiger partial charge in [0.15, 0.2) is 0 Å². The van der Waals surface area contributed by atoms with Crippen LogP contribution in [0.1, 0.15) is 11.1 Å². The van der Waals surface area contributed by atoms with Crippen molar-refractivity contribution in [3.63, 3.8) is 0 Å². The summed E-state index contributed by atoms with van der Waals surface area (Å²) >= 11 is 0. The van der Waals surface area contributed by atoms with Crippen LogP contribution in [0.2, 0.25) is 0 Å². The third kappa shape index (κ3) is 4.18. The molecule has 0 N–H and O–H groups in total. The van der Waals surface area contributed by atoms with Crippen LogP contribution in [-0.2, 0) is 6.42 Å². The number of benzene rings is 2. The zero-order valence-corrected chi connectivity index (χ0v) is 12.2. The largest absolute Gasteiger partial charge is 0.378 e. The van der Waals surface area contributed by atoms with Crippen LogP contribution >= 0.6 is 0 Å². The van der Waals surface area contributed by atoms with Gasteiger partial charge in [-0.15, -0.1) is 0 Å². The molecule has 0 aliphatic rings. The number of anilines is 1. The maximum absolute atomic E-state index is 11.2. The SMILES string of the molecule is CN(C)c1ccc(C=C(Cc2ccccc2)[N+](=O)[O-])cc1. The first-order valence-electron chi connectivity index (χ1n) is 6.72. The van der Waals surface area contributed by atoms with Crippen molar-refractivity contribution < 1.29 is 4.92 Å². The maximum atomic E-state index is 11.2. The Morgan fingerprint density at radius 2 is 1.71 bits per heavy atom. The first-order chi connectivity index (χ1) is 10.1. The van der Waals surface area contributed by atoms with Gasteiger partial charge in [0.25, 0.3) is 5.70 Å². The fourth-order valence-electron chi connectivity index (χ4n) is 2.03. The molecule has 0 saturated heterocycles. The Morgan fingerprint density at radius 1 is 1.10 bits per heavy atom. The van der Waals surface area contributed by atoms with Crippen molar-refractivity contribution >= 4 is 11.8 Å². The van der Waals surface area contributed by atoms with Crippen LogP contribution in [0, 0.1) is 10.1 Å². The van der Waals surface area contributed by atoms with Gasteiger partial charge < -0.3 is 4.90 Å². The molecule has 0 unspecified atom stereocenters. The van der Waals surface area contributed by atoms with Gasteiger partial charge in [-0.2, -0.15) is 0 Å². The molecule has 0 atom stereocenters. The monoisotopic (exact) mass is 282 g/mol. The Hall–Kier alpha value is -2.62. The third-order valence-electron chi connectivity index (χ3n) is 3.21. The third-order valence-corrected chi connectivity index (χ3v) is 3.21. The predicted octanol–water partition coefficient (Wildman–Crippen LogP) is 3.61. The lowest BCUT2D eigenvalue weighted by atomic mass is 10.1. The Labute approximate surface area is 124 Å². The minimum absolute atomic E-state index is 0.193. The van der Waals surface area contributed by atoms with Crippen LogP contribution < -0.4 is 4.90 Å². The highest BCUT2D eigenvalue weighted by Gasteiger charge is 2.11. The second-order valence-electron chi connectivity index (χ2n) is 5.04. The Kier molecular flexibility index (Phi) is 4.72. The minimum atomic E-state index is -0.313. The summed E-state index contributed by atoms with van der Waals surface area (Å²) in [6.45, 7) is 0. The summed E-state index contributed by atoms with van der Waals surface area (Å²) in [4.78, 5) is 12.9. The van der Waals surface area contributed by atoms with Gasteiger partial charge in [0.2, 0.25) is 0 Å². The van der Waals surface area contributed by atoms with E-state index in [4.69, 9.17) is 0 Å². The van der Waals surface area contributed by atoms with Gasteiger partial charge >= 0.3 is 0 Å². The number of hydrogen-bond acceptors (Lipinski definition) is 3. The van der Waals surface area contributed by atoms with Crippen molar-refractivity contribution in [2.75, 3.05) is 19.0 Å². The average molecular weight is 282 g/mol. The molecule has 0 aromatic heterocycles. The van der Waals surface area contributed by atoms with E-state index in [1.807, 2.05) is 73.6 Å². The van der Waals surface area contributed by atoms with Crippen LogP contribution in [-0.4, -0.2) is 19.0 Å². The van der Waals surface area contributed by atoms with Crippen molar-refractivity contribution in [1.82, 2.24) is 0 Å². The average Bonchev–Trinajstić information content (AvgIpc) is 2.48. The summed E-state index contributed by atoms with van der Waals surface area (Å²) in [5.74, 6) is 0. The van der Waals surface area contributed by atoms with E-state index in [1.165, 1.54) is 0 Å². The van der Waals surface area contributed by atoms with Gasteiger partial charge in [-0.1, -0.05) is 42.5 Å². The van der Waals surface area contributed by atoms with Crippen LogP contribution in [0.4, 0.5) is 5.69 Å². The molecule has 0 aliphatic heterocycles. The standard InChI is InChI=1S/C17H18N2O2/c1-18(2)16-10-8-15(9-11-16)13-17(19(20)21)12-14-6-4-3-5-7-14/h3-11,13H,12H2,1-2H3. The van der Waals surface area contributed by atoms with E-state index in [2.05, 4.69) is 0 Å². The summed E-state index contributed by atoms with van der Waals surface area (Å²) in [6, 6.07) is 17.2. The Bertz CT molecular complexity index is 632. The van der Waals surface area contributed by atoms with Crippen LogP contribution in [0.5, 0.6) is 0 Å². The second kappa shape index (κ2) is 6.70. The molecular formula is C17H18N2O2. The number of nitro groups is 1. The molecule has 0 amide bonds. The van der Waals surface area contributed by atoms with Crippen LogP contribution in [0.3, 0.4) is 0 Å². The molecule has 0 spiro atoms. The lowest BCUT2D eigenvalue weighted by Crippen LogP contribution is -2.08. The molecule has 2 aromatic carbocycles. The van der Waals surface area contributed by atoms with E-state index in [1.54, 1.807) is 6.08 Å². The Balaban J connectivity index is 2.23. The van der Waals surface area contributed by atoms with Gasteiger partial charge in [-0.3, -0.25) is 10.1 Å². The predicted molar refractivity (Wildman–Crippen MR) is 85.9 cm³/mol. The van der Waals surface area contributed by atoms with Crippen molar-refractivity contribution in [2.45, 2.75) is 6.42 Å². The maximum Gasteiger partial charge on any atom is 0.251 e. The number of rotatable bonds is 5. The zero-order valence-electron chi connectivity index (χ0n) is 12.2. The molecule has 4 heteroatoms. The van der Waals surface area contributed by atoms with Gasteiger partial charge in [0.05, 0.1) is 11.3 Å². The molecule has 0 heterocycles. The highest BCUT2D eigenvalue weighted by molar-refractivity contribution is 5.56. The molecule has 0 fully saturated rings. The minimum Gasteiger partial charge on any atom is -0.378 e. The summed E-state index contributed by atoms with van der Waals surface area (Å²) in [5, 5.41) is 11.2. The van der Waals surface area contributed by atoms with Crippen LogP contribution in [0.25, 0.3) is 6.08 Å². The number of allylic oxidation sites excluding steroid dienone is 1. The van der Waals surface area contributed by atoms with E-state index in [0.717, 1.165) is 16.8 Å². The lowest BCUT2D eigenvalue weighted by Gasteiger charge is -2.11. The molecule has 2 aromatic rings. The van der Waals surface area contributed by atoms with Gasteiger partial charge in [-0.05, 0) is 23.3 Å². The van der Waals surface area contributed by atoms with Gasteiger partial charge in [-0.25, -0.2) is 0 Å². The summed E-state index contributed by atoms with van der Waals surface area (Å²) in [7, 11) is 3.92. The molecule has 2 rings (SSSR count). The van der Waals surface area contributed by atoms with Crippen molar-refractivity contribution in [1.29, 1.82) is 0 Å². The molecule has 4 nitrogen and oxygen atoms in total. The molecular weight excluding hydrogens is 264 g/mol. The number of hydrogen-bond donors (Lipinski definition) is 0. The lowest BCUT2D eigenvalue weighted by molar-refractivity contribution is -0.425. The highest BCUT2D eigenvalue weighted by Crippen LogP contribution is 2.17. The molecule has 21 heavy (non-hydrogen) atoms. The van der Waals surface area contributed by atoms with Crippen molar-refractivity contribution in [2.24, 2.45) is 0 Å². The van der Waals surface area contributed by atoms with Gasteiger partial charge in [0.1, 0.15) is 0 Å². The highest BCUT2D eigenvalue weighted by atomic mass is 16.6. The summed E-state index contributed by atoms with van der Waals surface area (Å²) < 4.78 is 0. The topological polar surface area (TPSA) is 46.4 Å². The molecule has 0 aliphatic carbocycles. The van der Waals surface area contributed by atoms with E-state index in [9.17, 15) is 10.1 Å². The van der Waals surface area contributed by atoms with E-state index in [0.29, 0.717) is 6.42 Å². The second-order valence-corrected chi connectivity index (χ2v) is 5.04. The fourth-order valence-corrected chi connectivity index (χ4v) is 2.03. The van der Waals surface area contributed by atoms with E-state index < -0.39 is 0 Å². The Morgan fingerprint density at radius 3 is 2.24 bits per heavy atom. The summed E-state index contributed by atoms with van der Waals surface area (Å²) in [6.07, 6.45) is 1.95. The van der Waals surface area contributed by atoms with Crippen LogP contribution in [0.15, 0.2) is 60.3 Å². The molecule has 0 bridgehead atoms. The quantitative estimate of drug-likeness (QED) is 0.621. The van der Waals surface area contributed by atoms with Gasteiger partial charge in [0, 0.05) is 25.9 Å². The molecule has 0 radical (unpaired) electrons.